The Morgan fingerprint density at radius 1 is 0.906 bits per heavy atom. The molecule has 2 amide bonds. The number of carbonyl (C=O) groups excluding carboxylic acids is 1. The minimum atomic E-state index is -5.02. The highest BCUT2D eigenvalue weighted by Gasteiger charge is 2.38. The average Bonchev–Trinajstić information content (AvgIpc) is 3.00. The molecule has 0 radical (unpaired) electrons. The van der Waals surface area contributed by atoms with E-state index in [1.54, 1.807) is 0 Å². The first-order valence-corrected chi connectivity index (χ1v) is 10.2. The van der Waals surface area contributed by atoms with Crippen LogP contribution in [0.1, 0.15) is 47.2 Å². The van der Waals surface area contributed by atoms with Crippen LogP contribution in [-0.2, 0) is 12.4 Å². The van der Waals surface area contributed by atoms with Gasteiger partial charge in [-0.25, -0.2) is 4.79 Å². The first-order chi connectivity index (χ1) is 14.8. The molecule has 1 aromatic carbocycles. The summed E-state index contributed by atoms with van der Waals surface area (Å²) in [5, 5.41) is 11.7. The molecule has 2 N–H and O–H groups in total. The Balaban J connectivity index is 1.66. The van der Waals surface area contributed by atoms with Crippen molar-refractivity contribution in [1.82, 2.24) is 15.1 Å². The minimum absolute atomic E-state index is 0.0133. The Labute approximate surface area is 180 Å². The van der Waals surface area contributed by atoms with Gasteiger partial charge in [0.1, 0.15) is 0 Å². The van der Waals surface area contributed by atoms with Crippen LogP contribution in [0.5, 0.6) is 0 Å². The van der Waals surface area contributed by atoms with Gasteiger partial charge in [0.15, 0.2) is 0 Å². The van der Waals surface area contributed by atoms with Crippen LogP contribution in [0, 0.1) is 0 Å². The number of hydrogen-bond acceptors (Lipinski definition) is 3. The van der Waals surface area contributed by atoms with E-state index in [9.17, 15) is 35.9 Å². The first kappa shape index (κ1) is 24.1. The van der Waals surface area contributed by atoms with Crippen molar-refractivity contribution in [2.45, 2.75) is 50.1 Å². The van der Waals surface area contributed by atoms with Crippen molar-refractivity contribution in [3.8, 4) is 0 Å². The van der Waals surface area contributed by atoms with Gasteiger partial charge in [0.2, 0.25) is 0 Å². The number of halogens is 6. The lowest BCUT2D eigenvalue weighted by atomic mass is 10.0. The monoisotopic (exact) mass is 467 g/mol. The van der Waals surface area contributed by atoms with Gasteiger partial charge in [-0.3, -0.25) is 9.69 Å². The molecule has 2 saturated heterocycles. The predicted molar refractivity (Wildman–Crippen MR) is 101 cm³/mol. The second-order valence-corrected chi connectivity index (χ2v) is 8.10. The fraction of sp³-hybridized carbons (Fsp3) is 0.600. The fourth-order valence-electron chi connectivity index (χ4n) is 4.23. The second-order valence-electron chi connectivity index (χ2n) is 8.10. The van der Waals surface area contributed by atoms with Crippen LogP contribution in [0.25, 0.3) is 0 Å². The summed E-state index contributed by atoms with van der Waals surface area (Å²) in [4.78, 5) is 27.1. The molecular weight excluding hydrogens is 444 g/mol. The summed E-state index contributed by atoms with van der Waals surface area (Å²) >= 11 is 0. The average molecular weight is 467 g/mol. The van der Waals surface area contributed by atoms with E-state index in [-0.39, 0.29) is 12.1 Å². The zero-order valence-electron chi connectivity index (χ0n) is 17.0. The largest absolute Gasteiger partial charge is 0.465 e. The molecule has 32 heavy (non-hydrogen) atoms. The molecule has 2 aliphatic rings. The SMILES string of the molecule is O=C(N[C@@H]1CCN([C@H]2CCCN(C(=O)O)CC2)C1)c1cc(C(F)(F)F)cc(C(F)(F)F)c1. The van der Waals surface area contributed by atoms with E-state index in [2.05, 4.69) is 10.2 Å². The number of nitrogens with one attached hydrogen (secondary N) is 1. The molecule has 2 aliphatic heterocycles. The van der Waals surface area contributed by atoms with Crippen LogP contribution in [0.2, 0.25) is 0 Å². The highest BCUT2D eigenvalue weighted by atomic mass is 19.4. The van der Waals surface area contributed by atoms with Gasteiger partial charge >= 0.3 is 18.4 Å². The zero-order valence-corrected chi connectivity index (χ0v) is 17.0. The highest BCUT2D eigenvalue weighted by Crippen LogP contribution is 2.36. The van der Waals surface area contributed by atoms with Crippen LogP contribution < -0.4 is 5.32 Å². The maximum Gasteiger partial charge on any atom is 0.416 e. The van der Waals surface area contributed by atoms with Gasteiger partial charge in [0.25, 0.3) is 5.91 Å². The van der Waals surface area contributed by atoms with E-state index < -0.39 is 47.1 Å². The predicted octanol–water partition coefficient (Wildman–Crippen LogP) is 4.06. The van der Waals surface area contributed by atoms with E-state index in [1.807, 2.05) is 0 Å². The minimum Gasteiger partial charge on any atom is -0.465 e. The molecule has 1 aromatic rings. The second kappa shape index (κ2) is 9.16. The van der Waals surface area contributed by atoms with Gasteiger partial charge in [-0.2, -0.15) is 26.3 Å². The molecule has 0 saturated carbocycles. The molecule has 2 fully saturated rings. The summed E-state index contributed by atoms with van der Waals surface area (Å²) in [7, 11) is 0. The lowest BCUT2D eigenvalue weighted by molar-refractivity contribution is -0.143. The fourth-order valence-corrected chi connectivity index (χ4v) is 4.23. The molecular formula is C20H23F6N3O3. The smallest absolute Gasteiger partial charge is 0.416 e. The molecule has 0 unspecified atom stereocenters. The number of amides is 2. The number of carbonyl (C=O) groups is 2. The van der Waals surface area contributed by atoms with Crippen LogP contribution in [-0.4, -0.2) is 65.2 Å². The maximum atomic E-state index is 13.0. The molecule has 3 rings (SSSR count). The number of carboxylic acid groups (broad SMARTS) is 1. The van der Waals surface area contributed by atoms with Gasteiger partial charge in [0.05, 0.1) is 11.1 Å². The molecule has 12 heteroatoms. The van der Waals surface area contributed by atoms with Crippen LogP contribution in [0.4, 0.5) is 31.1 Å². The van der Waals surface area contributed by atoms with Gasteiger partial charge in [0, 0.05) is 43.8 Å². The first-order valence-electron chi connectivity index (χ1n) is 10.2. The van der Waals surface area contributed by atoms with Crippen LogP contribution >= 0.6 is 0 Å². The number of benzene rings is 1. The normalized spacial score (nSPS) is 23.1. The highest BCUT2D eigenvalue weighted by molar-refractivity contribution is 5.95. The molecule has 0 spiro atoms. The van der Waals surface area contributed by atoms with E-state index in [0.29, 0.717) is 57.6 Å². The molecule has 0 aliphatic carbocycles. The summed E-state index contributed by atoms with van der Waals surface area (Å²) in [5.74, 6) is -0.994. The third kappa shape index (κ3) is 5.84. The maximum absolute atomic E-state index is 13.0. The van der Waals surface area contributed by atoms with E-state index in [0.717, 1.165) is 6.42 Å². The third-order valence-electron chi connectivity index (χ3n) is 5.89. The number of hydrogen-bond donors (Lipinski definition) is 2. The van der Waals surface area contributed by atoms with Crippen molar-refractivity contribution in [3.63, 3.8) is 0 Å². The van der Waals surface area contributed by atoms with E-state index >= 15 is 0 Å². The summed E-state index contributed by atoms with van der Waals surface area (Å²) in [6.45, 7) is 1.82. The Bertz CT molecular complexity index is 826. The topological polar surface area (TPSA) is 72.9 Å². The van der Waals surface area contributed by atoms with E-state index in [4.69, 9.17) is 5.11 Å². The molecule has 0 aromatic heterocycles. The van der Waals surface area contributed by atoms with Gasteiger partial charge in [-0.15, -0.1) is 0 Å². The summed E-state index contributed by atoms with van der Waals surface area (Å²) < 4.78 is 78.2. The molecule has 6 nitrogen and oxygen atoms in total. The summed E-state index contributed by atoms with van der Waals surface area (Å²) in [5.41, 5.74) is -3.77. The number of alkyl halides is 6. The lowest BCUT2D eigenvalue weighted by Crippen LogP contribution is -2.40. The molecule has 178 valence electrons. The standard InChI is InChI=1S/C20H23F6N3O3/c21-19(22,23)13-8-12(9-14(10-13)20(24,25)26)17(30)27-15-3-6-29(11-15)16-2-1-5-28(7-4-16)18(31)32/h8-10,15-16H,1-7,11H2,(H,27,30)(H,31,32)/t15-,16+/m1/s1. The quantitative estimate of drug-likeness (QED) is 0.658. The zero-order chi connectivity index (χ0) is 23.7. The number of likely N-dealkylation sites (tertiary alicyclic amines) is 2. The van der Waals surface area contributed by atoms with Crippen molar-refractivity contribution < 1.29 is 41.0 Å². The number of nitrogens with zero attached hydrogens (tertiary/aromatic N) is 2. The van der Waals surface area contributed by atoms with Gasteiger partial charge in [-0.05, 0) is 43.9 Å². The van der Waals surface area contributed by atoms with Crippen molar-refractivity contribution in [2.24, 2.45) is 0 Å². The van der Waals surface area contributed by atoms with E-state index in [1.165, 1.54) is 4.90 Å². The molecule has 0 bridgehead atoms. The summed E-state index contributed by atoms with van der Waals surface area (Å²) in [6.07, 6.45) is -8.45. The Hall–Kier alpha value is -2.50. The molecule has 2 heterocycles. The van der Waals surface area contributed by atoms with Crippen molar-refractivity contribution >= 4 is 12.0 Å². The van der Waals surface area contributed by atoms with Crippen molar-refractivity contribution in [1.29, 1.82) is 0 Å². The van der Waals surface area contributed by atoms with Crippen molar-refractivity contribution in [3.05, 3.63) is 34.9 Å². The lowest BCUT2D eigenvalue weighted by Gasteiger charge is -2.26. The Kier molecular flexibility index (Phi) is 6.91. The molecule has 2 atom stereocenters. The van der Waals surface area contributed by atoms with Crippen LogP contribution in [0.15, 0.2) is 18.2 Å². The Morgan fingerprint density at radius 2 is 1.53 bits per heavy atom. The van der Waals surface area contributed by atoms with Gasteiger partial charge in [-0.1, -0.05) is 0 Å². The summed E-state index contributed by atoms with van der Waals surface area (Å²) in [6, 6.07) is 0.504. The van der Waals surface area contributed by atoms with Gasteiger partial charge < -0.3 is 15.3 Å². The van der Waals surface area contributed by atoms with Crippen molar-refractivity contribution in [2.75, 3.05) is 26.2 Å². The van der Waals surface area contributed by atoms with Crippen LogP contribution in [0.3, 0.4) is 0 Å². The Morgan fingerprint density at radius 3 is 2.09 bits per heavy atom. The number of rotatable bonds is 3. The third-order valence-corrected chi connectivity index (χ3v) is 5.89.